The maximum absolute atomic E-state index is 13.4. The van der Waals surface area contributed by atoms with Gasteiger partial charge in [0.15, 0.2) is 18.9 Å². The third-order valence-electron chi connectivity index (χ3n) is 15.2. The Bertz CT molecular complexity index is 2050. The van der Waals surface area contributed by atoms with E-state index in [0.29, 0.717) is 12.8 Å². The molecule has 0 aromatic heterocycles. The first-order valence-corrected chi connectivity index (χ1v) is 32.3. The van der Waals surface area contributed by atoms with E-state index in [0.717, 1.165) is 89.9 Å². The molecule has 3 rings (SSSR count). The fourth-order valence-electron chi connectivity index (χ4n) is 9.96. The predicted octanol–water partition coefficient (Wildman–Crippen LogP) is 7.26. The summed E-state index contributed by atoms with van der Waals surface area (Å²) in [6.07, 6.45) is 38.8. The van der Waals surface area contributed by atoms with Crippen LogP contribution in [-0.2, 0) is 33.2 Å². The van der Waals surface area contributed by atoms with Crippen LogP contribution >= 0.6 is 0 Å². The molecule has 0 aromatic carbocycles. The molecular formula is C68H111NO18. The zero-order valence-electron chi connectivity index (χ0n) is 51.9. The van der Waals surface area contributed by atoms with Gasteiger partial charge in [-0.3, -0.25) is 4.79 Å². The average Bonchev–Trinajstić information content (AvgIpc) is 1.15. The SMILES string of the molecule is CC/C=C\C/C=C\C/C=C\C/C=C\C/C=C\C/C=C\C/C=C\CCCCCC(=O)NC(COC1OC(CO)C(OC2OC(CO)C(OC3OC(CO)C(O)C(O)C3O)C(O)C2O)C(O)C1O)C(O)/C=C/CC/C=C/CC/C=C/CCCCCCCCC. The molecule has 1 amide bonds. The van der Waals surface area contributed by atoms with Crippen molar-refractivity contribution in [1.82, 2.24) is 5.32 Å². The maximum atomic E-state index is 13.4. The number of hydrogen-bond acceptors (Lipinski definition) is 18. The number of ether oxygens (including phenoxy) is 6. The Hall–Kier alpha value is -3.81. The number of nitrogens with one attached hydrogen (secondary N) is 1. The maximum Gasteiger partial charge on any atom is 0.220 e. The number of aliphatic hydroxyl groups is 11. The third kappa shape index (κ3) is 31.7. The number of aliphatic hydroxyl groups excluding tert-OH is 11. The zero-order valence-corrected chi connectivity index (χ0v) is 51.9. The summed E-state index contributed by atoms with van der Waals surface area (Å²) in [6, 6.07) is -1.02. The van der Waals surface area contributed by atoms with Crippen molar-refractivity contribution < 1.29 is 89.4 Å². The van der Waals surface area contributed by atoms with Gasteiger partial charge in [0.05, 0.1) is 38.6 Å². The molecule has 0 aromatic rings. The third-order valence-corrected chi connectivity index (χ3v) is 15.2. The highest BCUT2D eigenvalue weighted by atomic mass is 16.8. The van der Waals surface area contributed by atoms with Crippen LogP contribution in [0.25, 0.3) is 0 Å². The predicted molar refractivity (Wildman–Crippen MR) is 336 cm³/mol. The minimum absolute atomic E-state index is 0.183. The molecule has 0 bridgehead atoms. The van der Waals surface area contributed by atoms with Gasteiger partial charge >= 0.3 is 0 Å². The minimum Gasteiger partial charge on any atom is -0.394 e. The molecule has 3 heterocycles. The Morgan fingerprint density at radius 3 is 1.29 bits per heavy atom. The number of amides is 1. The van der Waals surface area contributed by atoms with Gasteiger partial charge in [0.2, 0.25) is 5.91 Å². The summed E-state index contributed by atoms with van der Waals surface area (Å²) in [5, 5.41) is 120. The average molecular weight is 1230 g/mol. The lowest BCUT2D eigenvalue weighted by Gasteiger charge is -2.48. The molecular weight excluding hydrogens is 1120 g/mol. The molecule has 0 spiro atoms. The first-order chi connectivity index (χ1) is 42.3. The molecule has 3 aliphatic rings. The Labute approximate surface area is 518 Å². The van der Waals surface area contributed by atoms with Gasteiger partial charge in [-0.2, -0.15) is 0 Å². The summed E-state index contributed by atoms with van der Waals surface area (Å²) in [5.74, 6) is -0.328. The Morgan fingerprint density at radius 2 is 0.805 bits per heavy atom. The van der Waals surface area contributed by atoms with Gasteiger partial charge in [-0.15, -0.1) is 0 Å². The first kappa shape index (κ1) is 77.4. The number of hydrogen-bond donors (Lipinski definition) is 12. The van der Waals surface area contributed by atoms with Crippen LogP contribution in [0.1, 0.15) is 168 Å². The molecule has 19 nitrogen and oxygen atoms in total. The van der Waals surface area contributed by atoms with Crippen molar-refractivity contribution in [2.45, 2.75) is 272 Å². The Kier molecular flexibility index (Phi) is 43.6. The zero-order chi connectivity index (χ0) is 63.3. The molecule has 3 fully saturated rings. The van der Waals surface area contributed by atoms with E-state index in [9.17, 15) is 61.0 Å². The van der Waals surface area contributed by atoms with Crippen molar-refractivity contribution in [3.05, 3.63) is 122 Å². The molecule has 496 valence electrons. The monoisotopic (exact) mass is 1230 g/mol. The summed E-state index contributed by atoms with van der Waals surface area (Å²) in [6.45, 7) is 1.52. The fraction of sp³-hybridized carbons (Fsp3) is 0.691. The van der Waals surface area contributed by atoms with Gasteiger partial charge in [0.1, 0.15) is 73.2 Å². The molecule has 0 radical (unpaired) electrons. The Morgan fingerprint density at radius 1 is 0.425 bits per heavy atom. The smallest absolute Gasteiger partial charge is 0.220 e. The molecule has 19 heteroatoms. The van der Waals surface area contributed by atoms with Crippen LogP contribution < -0.4 is 5.32 Å². The van der Waals surface area contributed by atoms with E-state index in [4.69, 9.17) is 28.4 Å². The van der Waals surface area contributed by atoms with E-state index < -0.39 is 131 Å². The largest absolute Gasteiger partial charge is 0.394 e. The number of carbonyl (C=O) groups excluding carboxylic acids is 1. The summed E-state index contributed by atoms with van der Waals surface area (Å²) in [5.41, 5.74) is 0. The van der Waals surface area contributed by atoms with E-state index in [2.05, 4.69) is 129 Å². The highest BCUT2D eigenvalue weighted by molar-refractivity contribution is 5.76. The van der Waals surface area contributed by atoms with Gasteiger partial charge in [0.25, 0.3) is 0 Å². The van der Waals surface area contributed by atoms with Gasteiger partial charge in [-0.25, -0.2) is 0 Å². The van der Waals surface area contributed by atoms with Crippen LogP contribution in [0.3, 0.4) is 0 Å². The summed E-state index contributed by atoms with van der Waals surface area (Å²) in [7, 11) is 0. The van der Waals surface area contributed by atoms with Gasteiger partial charge in [0, 0.05) is 6.42 Å². The molecule has 87 heavy (non-hydrogen) atoms. The topological polar surface area (TPSA) is 307 Å². The second kappa shape index (κ2) is 49.0. The second-order valence-electron chi connectivity index (χ2n) is 22.5. The highest BCUT2D eigenvalue weighted by Gasteiger charge is 2.53. The molecule has 0 aliphatic carbocycles. The summed E-state index contributed by atoms with van der Waals surface area (Å²) >= 11 is 0. The molecule has 3 aliphatic heterocycles. The summed E-state index contributed by atoms with van der Waals surface area (Å²) < 4.78 is 34.2. The van der Waals surface area contributed by atoms with E-state index in [1.165, 1.54) is 44.9 Å². The van der Waals surface area contributed by atoms with Gasteiger partial charge < -0.3 is 89.9 Å². The van der Waals surface area contributed by atoms with Crippen LogP contribution in [-0.4, -0.2) is 193 Å². The first-order valence-electron chi connectivity index (χ1n) is 32.3. The van der Waals surface area contributed by atoms with Crippen LogP contribution in [0.2, 0.25) is 0 Å². The lowest BCUT2D eigenvalue weighted by atomic mass is 9.96. The van der Waals surface area contributed by atoms with Gasteiger partial charge in [-0.1, -0.05) is 180 Å². The second-order valence-corrected chi connectivity index (χ2v) is 22.5. The number of unbranched alkanes of at least 4 members (excludes halogenated alkanes) is 12. The molecule has 12 N–H and O–H groups in total. The normalized spacial score (nSPS) is 29.4. The van der Waals surface area contributed by atoms with Crippen molar-refractivity contribution >= 4 is 5.91 Å². The highest BCUT2D eigenvalue weighted by Crippen LogP contribution is 2.33. The van der Waals surface area contributed by atoms with Crippen molar-refractivity contribution in [1.29, 1.82) is 0 Å². The van der Waals surface area contributed by atoms with Crippen LogP contribution in [0.15, 0.2) is 122 Å². The lowest BCUT2D eigenvalue weighted by molar-refractivity contribution is -0.379. The molecule has 3 saturated heterocycles. The van der Waals surface area contributed by atoms with Crippen LogP contribution in [0.5, 0.6) is 0 Å². The van der Waals surface area contributed by atoms with Gasteiger partial charge in [-0.05, 0) is 103 Å². The fourth-order valence-corrected chi connectivity index (χ4v) is 9.96. The molecule has 17 atom stereocenters. The number of carbonyl (C=O) groups is 1. The standard InChI is InChI=1S/C68H111NO18/c1-3-5-7-9-11-13-15-17-19-21-22-23-24-25-26-27-28-30-32-34-36-38-40-42-44-46-56(74)69-51(52(73)45-43-41-39-37-35-33-31-29-20-18-16-14-12-10-8-6-4-2)50-82-66-62(80)59(77)64(54(48-71)84-66)87-68-63(81)60(78)65(55(49-72)85-68)86-67-61(79)58(76)57(75)53(47-70)83-67/h5,7,11,13,17,19-20,22-23,25-26,28-30,34-37,43,45,51-55,57-68,70-73,75-81H,3-4,6,8-10,12,14-16,18,21,24,27,31-33,38-42,44,46-50H2,1-2H3,(H,69,74)/b7-5-,13-11-,19-17-,23-22-,26-25-,29-20+,30-28-,36-34-,37-35+,45-43+. The summed E-state index contributed by atoms with van der Waals surface area (Å²) in [4.78, 5) is 13.4. The number of allylic oxidation sites excluding steroid dienone is 19. The van der Waals surface area contributed by atoms with Crippen molar-refractivity contribution in [2.75, 3.05) is 26.4 Å². The van der Waals surface area contributed by atoms with E-state index in [-0.39, 0.29) is 12.3 Å². The lowest BCUT2D eigenvalue weighted by Crippen LogP contribution is -2.66. The van der Waals surface area contributed by atoms with Crippen molar-refractivity contribution in [3.63, 3.8) is 0 Å². The Balaban J connectivity index is 1.50. The van der Waals surface area contributed by atoms with Crippen LogP contribution in [0, 0.1) is 0 Å². The van der Waals surface area contributed by atoms with E-state index in [1.54, 1.807) is 6.08 Å². The minimum atomic E-state index is -1.99. The van der Waals surface area contributed by atoms with Crippen molar-refractivity contribution in [2.24, 2.45) is 0 Å². The van der Waals surface area contributed by atoms with Crippen LogP contribution in [0.4, 0.5) is 0 Å². The van der Waals surface area contributed by atoms with Crippen molar-refractivity contribution in [3.8, 4) is 0 Å². The number of rotatable bonds is 46. The van der Waals surface area contributed by atoms with E-state index >= 15 is 0 Å². The molecule has 17 unspecified atom stereocenters. The van der Waals surface area contributed by atoms with E-state index in [1.807, 2.05) is 6.08 Å². The molecule has 0 saturated carbocycles. The quantitative estimate of drug-likeness (QED) is 0.0211.